The van der Waals surface area contributed by atoms with Gasteiger partial charge in [-0.2, -0.15) is 0 Å². The molecule has 1 aliphatic rings. The molecule has 0 aromatic rings. The van der Waals surface area contributed by atoms with Crippen molar-refractivity contribution in [3.8, 4) is 0 Å². The van der Waals surface area contributed by atoms with Crippen LogP contribution in [0.15, 0.2) is 72.9 Å². The van der Waals surface area contributed by atoms with Crippen molar-refractivity contribution >= 4 is 11.9 Å². The quantitative estimate of drug-likeness (QED) is 0.0273. The topological polar surface area (TPSA) is 152 Å². The maximum atomic E-state index is 12.7. The lowest BCUT2D eigenvalue weighted by Crippen LogP contribution is -2.59. The average Bonchev–Trinajstić information content (AvgIpc) is 3.22. The van der Waals surface area contributed by atoms with Crippen LogP contribution in [0.25, 0.3) is 0 Å². The van der Waals surface area contributed by atoms with Gasteiger partial charge in [0.25, 0.3) is 0 Å². The molecule has 6 atom stereocenters. The third-order valence-electron chi connectivity index (χ3n) is 9.83. The summed E-state index contributed by atoms with van der Waals surface area (Å²) in [4.78, 5) is 25.3. The Balaban J connectivity index is 2.41. The van der Waals surface area contributed by atoms with Gasteiger partial charge >= 0.3 is 11.9 Å². The van der Waals surface area contributed by atoms with E-state index >= 15 is 0 Å². The standard InChI is InChI=1S/C48H80O10/c1-3-5-7-9-11-13-15-17-19-20-21-22-23-25-27-29-31-33-35-37-44(51)57-41(40-56-48-47(54)46(53)45(52)42(38-49)58-48)39-55-43(50)36-34-32-30-28-26-24-18-16-14-12-10-8-6-4-2/h11,13,16-19,21-22,25,27,31,33,41-42,45-49,52-54H,3-10,12,14-15,20,23-24,26,28-30,32,34-40H2,1-2H3/b13-11+,18-16+,19-17+,22-21+,27-25+,33-31+/t41-,42-,45+,46?,47?,48-/m1/s1. The predicted octanol–water partition coefficient (Wildman–Crippen LogP) is 9.61. The molecule has 4 N–H and O–H groups in total. The molecular weight excluding hydrogens is 737 g/mol. The van der Waals surface area contributed by atoms with Gasteiger partial charge in [-0.05, 0) is 77.0 Å². The number of rotatable bonds is 36. The minimum atomic E-state index is -1.61. The number of unbranched alkanes of at least 4 members (excludes halogenated alkanes) is 13. The number of hydrogen-bond donors (Lipinski definition) is 4. The van der Waals surface area contributed by atoms with E-state index in [4.69, 9.17) is 18.9 Å². The second-order valence-electron chi connectivity index (χ2n) is 15.1. The summed E-state index contributed by atoms with van der Waals surface area (Å²) < 4.78 is 22.0. The summed E-state index contributed by atoms with van der Waals surface area (Å²) >= 11 is 0. The lowest BCUT2D eigenvalue weighted by Gasteiger charge is -2.39. The van der Waals surface area contributed by atoms with E-state index < -0.39 is 55.4 Å². The number of aliphatic hydroxyl groups excluding tert-OH is 4. The third-order valence-corrected chi connectivity index (χ3v) is 9.83. The zero-order valence-corrected chi connectivity index (χ0v) is 36.0. The molecule has 1 rings (SSSR count). The second kappa shape index (κ2) is 38.3. The van der Waals surface area contributed by atoms with Gasteiger partial charge in [-0.1, -0.05) is 145 Å². The first-order valence-electron chi connectivity index (χ1n) is 22.5. The molecular formula is C48H80O10. The maximum Gasteiger partial charge on any atom is 0.306 e. The van der Waals surface area contributed by atoms with Crippen LogP contribution in [0.4, 0.5) is 0 Å². The summed E-state index contributed by atoms with van der Waals surface area (Å²) in [6, 6.07) is 0. The molecule has 0 spiro atoms. The Morgan fingerprint density at radius 1 is 0.534 bits per heavy atom. The van der Waals surface area contributed by atoms with E-state index in [0.29, 0.717) is 12.8 Å². The number of allylic oxidation sites excluding steroid dienone is 12. The Hall–Kier alpha value is -2.86. The van der Waals surface area contributed by atoms with Gasteiger partial charge in [-0.15, -0.1) is 0 Å². The summed E-state index contributed by atoms with van der Waals surface area (Å²) in [6.45, 7) is 3.29. The molecule has 0 amide bonds. The van der Waals surface area contributed by atoms with Crippen molar-refractivity contribution in [2.45, 2.75) is 198 Å². The Morgan fingerprint density at radius 3 is 1.57 bits per heavy atom. The van der Waals surface area contributed by atoms with E-state index in [1.807, 2.05) is 12.2 Å². The molecule has 0 saturated carbocycles. The Labute approximate surface area is 351 Å². The van der Waals surface area contributed by atoms with Crippen LogP contribution in [-0.2, 0) is 28.5 Å². The molecule has 0 aliphatic carbocycles. The minimum absolute atomic E-state index is 0.102. The number of carbonyl (C=O) groups is 2. The van der Waals surface area contributed by atoms with E-state index in [1.165, 1.54) is 57.8 Å². The third kappa shape index (κ3) is 29.4. The highest BCUT2D eigenvalue weighted by Crippen LogP contribution is 2.22. The lowest BCUT2D eigenvalue weighted by molar-refractivity contribution is -0.305. The van der Waals surface area contributed by atoms with Crippen molar-refractivity contribution in [1.82, 2.24) is 0 Å². The van der Waals surface area contributed by atoms with Crippen LogP contribution < -0.4 is 0 Å². The molecule has 1 saturated heterocycles. The number of carbonyl (C=O) groups excluding carboxylic acids is 2. The first kappa shape index (κ1) is 53.2. The molecule has 332 valence electrons. The van der Waals surface area contributed by atoms with Gasteiger partial charge in [0.05, 0.1) is 13.2 Å². The van der Waals surface area contributed by atoms with Gasteiger partial charge < -0.3 is 39.4 Å². The minimum Gasteiger partial charge on any atom is -0.462 e. The number of esters is 2. The van der Waals surface area contributed by atoms with Crippen LogP contribution in [0.3, 0.4) is 0 Å². The zero-order valence-electron chi connectivity index (χ0n) is 36.0. The average molecular weight is 817 g/mol. The van der Waals surface area contributed by atoms with Crippen LogP contribution in [0.5, 0.6) is 0 Å². The summed E-state index contributed by atoms with van der Waals surface area (Å²) in [5, 5.41) is 40.0. The van der Waals surface area contributed by atoms with Gasteiger partial charge in [0, 0.05) is 12.8 Å². The van der Waals surface area contributed by atoms with E-state index in [-0.39, 0.29) is 26.1 Å². The van der Waals surface area contributed by atoms with Crippen molar-refractivity contribution in [2.75, 3.05) is 19.8 Å². The highest BCUT2D eigenvalue weighted by Gasteiger charge is 2.44. The van der Waals surface area contributed by atoms with Gasteiger partial charge in [-0.25, -0.2) is 0 Å². The van der Waals surface area contributed by atoms with Crippen molar-refractivity contribution in [3.63, 3.8) is 0 Å². The van der Waals surface area contributed by atoms with Crippen molar-refractivity contribution in [3.05, 3.63) is 72.9 Å². The van der Waals surface area contributed by atoms with Crippen molar-refractivity contribution < 1.29 is 49.0 Å². The fourth-order valence-electron chi connectivity index (χ4n) is 6.22. The highest BCUT2D eigenvalue weighted by molar-refractivity contribution is 5.70. The summed E-state index contributed by atoms with van der Waals surface area (Å²) in [7, 11) is 0. The fourth-order valence-corrected chi connectivity index (χ4v) is 6.22. The molecule has 1 heterocycles. The molecule has 0 radical (unpaired) electrons. The van der Waals surface area contributed by atoms with Crippen LogP contribution in [0.2, 0.25) is 0 Å². The lowest BCUT2D eigenvalue weighted by atomic mass is 9.99. The van der Waals surface area contributed by atoms with E-state index in [1.54, 1.807) is 0 Å². The second-order valence-corrected chi connectivity index (χ2v) is 15.1. The van der Waals surface area contributed by atoms with E-state index in [2.05, 4.69) is 74.6 Å². The molecule has 10 heteroatoms. The van der Waals surface area contributed by atoms with Crippen LogP contribution in [0.1, 0.15) is 162 Å². The Kier molecular flexibility index (Phi) is 35.1. The van der Waals surface area contributed by atoms with E-state index in [9.17, 15) is 30.0 Å². The van der Waals surface area contributed by atoms with Crippen LogP contribution >= 0.6 is 0 Å². The van der Waals surface area contributed by atoms with Gasteiger partial charge in [0.1, 0.15) is 31.0 Å². The number of ether oxygens (including phenoxy) is 4. The molecule has 58 heavy (non-hydrogen) atoms. The predicted molar refractivity (Wildman–Crippen MR) is 233 cm³/mol. The van der Waals surface area contributed by atoms with Crippen LogP contribution in [-0.4, -0.2) is 89.0 Å². The molecule has 0 bridgehead atoms. The molecule has 1 fully saturated rings. The molecule has 0 aromatic carbocycles. The van der Waals surface area contributed by atoms with Crippen LogP contribution in [0, 0.1) is 0 Å². The van der Waals surface area contributed by atoms with Crippen molar-refractivity contribution in [1.29, 1.82) is 0 Å². The number of aliphatic hydroxyl groups is 4. The zero-order chi connectivity index (χ0) is 42.3. The van der Waals surface area contributed by atoms with Gasteiger partial charge in [-0.3, -0.25) is 9.59 Å². The molecule has 10 nitrogen and oxygen atoms in total. The number of hydrogen-bond acceptors (Lipinski definition) is 10. The van der Waals surface area contributed by atoms with Crippen molar-refractivity contribution in [2.24, 2.45) is 0 Å². The first-order chi connectivity index (χ1) is 28.3. The normalized spacial score (nSPS) is 20.8. The molecule has 1 aliphatic heterocycles. The molecule has 2 unspecified atom stereocenters. The highest BCUT2D eigenvalue weighted by atomic mass is 16.7. The van der Waals surface area contributed by atoms with E-state index in [0.717, 1.165) is 64.2 Å². The SMILES string of the molecule is CCCCC/C=C/C/C=C/C/C=C/C/C=C/C/C=C/CCC(=O)O[C@H](COC(=O)CCCCCCC/C=C/CCCCCCC)CO[C@@H]1O[C@H](CO)[C@H](O)C(O)C1O. The largest absolute Gasteiger partial charge is 0.462 e. The Bertz CT molecular complexity index is 1170. The molecule has 0 aromatic heterocycles. The summed E-state index contributed by atoms with van der Waals surface area (Å²) in [5.41, 5.74) is 0. The smallest absolute Gasteiger partial charge is 0.306 e. The fraction of sp³-hybridized carbons (Fsp3) is 0.708. The van der Waals surface area contributed by atoms with Gasteiger partial charge in [0.2, 0.25) is 0 Å². The summed E-state index contributed by atoms with van der Waals surface area (Å²) in [5.74, 6) is -0.918. The Morgan fingerprint density at radius 2 is 1.00 bits per heavy atom. The van der Waals surface area contributed by atoms with Gasteiger partial charge in [0.15, 0.2) is 12.4 Å². The first-order valence-corrected chi connectivity index (χ1v) is 22.5. The summed E-state index contributed by atoms with van der Waals surface area (Å²) in [6.07, 6.45) is 40.6. The monoisotopic (exact) mass is 817 g/mol. The maximum absolute atomic E-state index is 12.7.